The third-order valence-corrected chi connectivity index (χ3v) is 5.95. The van der Waals surface area contributed by atoms with Crippen LogP contribution in [0.25, 0.3) is 0 Å². The van der Waals surface area contributed by atoms with Gasteiger partial charge in [0.1, 0.15) is 6.54 Å². The van der Waals surface area contributed by atoms with E-state index in [4.69, 9.17) is 0 Å². The number of likely N-dealkylation sites (tertiary alicyclic amines) is 1. The molecule has 0 aromatic heterocycles. The van der Waals surface area contributed by atoms with Crippen LogP contribution in [0, 0.1) is 0 Å². The van der Waals surface area contributed by atoms with Crippen molar-refractivity contribution in [2.45, 2.75) is 38.8 Å². The lowest BCUT2D eigenvalue weighted by Crippen LogP contribution is -3.12. The molecule has 0 bridgehead atoms. The number of quaternary nitrogens is 2. The number of carbonyl (C=O) groups is 2. The van der Waals surface area contributed by atoms with E-state index in [2.05, 4.69) is 41.8 Å². The molecule has 166 valence electrons. The second-order valence-corrected chi connectivity index (χ2v) is 8.62. The summed E-state index contributed by atoms with van der Waals surface area (Å²) in [5, 5.41) is 6.15. The second-order valence-electron chi connectivity index (χ2n) is 8.62. The van der Waals surface area contributed by atoms with Crippen LogP contribution in [0.2, 0.25) is 0 Å². The van der Waals surface area contributed by atoms with Crippen LogP contribution < -0.4 is 20.4 Å². The molecule has 1 atom stereocenters. The van der Waals surface area contributed by atoms with Crippen molar-refractivity contribution in [1.82, 2.24) is 5.32 Å². The Morgan fingerprint density at radius 3 is 2.32 bits per heavy atom. The van der Waals surface area contributed by atoms with Crippen LogP contribution in [0.1, 0.15) is 30.9 Å². The number of aryl methyl sites for hydroxylation is 1. The number of carbonyl (C=O) groups excluding carboxylic acids is 2. The number of hydrogen-bond acceptors (Lipinski definition) is 2. The Kier molecular flexibility index (Phi) is 8.62. The van der Waals surface area contributed by atoms with E-state index in [1.807, 2.05) is 37.4 Å². The van der Waals surface area contributed by atoms with Crippen molar-refractivity contribution in [2.24, 2.45) is 0 Å². The molecule has 6 nitrogen and oxygen atoms in total. The molecule has 6 heteroatoms. The summed E-state index contributed by atoms with van der Waals surface area (Å²) in [4.78, 5) is 27.3. The average Bonchev–Trinajstić information content (AvgIpc) is 2.76. The molecule has 1 fully saturated rings. The normalized spacial score (nSPS) is 19.4. The molecule has 0 spiro atoms. The fraction of sp³-hybridized carbons (Fsp3) is 0.440. The van der Waals surface area contributed by atoms with Crippen LogP contribution in [0.4, 0.5) is 5.69 Å². The van der Waals surface area contributed by atoms with Crippen molar-refractivity contribution >= 4 is 17.5 Å². The third kappa shape index (κ3) is 7.49. The molecular formula is C25H36N4O2+2. The molecule has 2 amide bonds. The minimum atomic E-state index is -0.0657. The van der Waals surface area contributed by atoms with Gasteiger partial charge in [0.05, 0.1) is 20.1 Å². The highest BCUT2D eigenvalue weighted by Crippen LogP contribution is 2.14. The van der Waals surface area contributed by atoms with Gasteiger partial charge in [-0.3, -0.25) is 9.59 Å². The topological polar surface area (TPSA) is 67.1 Å². The van der Waals surface area contributed by atoms with Crippen molar-refractivity contribution in [1.29, 1.82) is 0 Å². The van der Waals surface area contributed by atoms with Gasteiger partial charge in [-0.05, 0) is 18.1 Å². The smallest absolute Gasteiger partial charge is 0.279 e. The number of para-hydroxylation sites is 1. The minimum absolute atomic E-state index is 0.0239. The first kappa shape index (κ1) is 23.0. The Morgan fingerprint density at radius 2 is 1.61 bits per heavy atom. The van der Waals surface area contributed by atoms with Crippen LogP contribution in [0.3, 0.4) is 0 Å². The summed E-state index contributed by atoms with van der Waals surface area (Å²) in [6, 6.07) is 18.7. The van der Waals surface area contributed by atoms with Gasteiger partial charge in [0.25, 0.3) is 11.8 Å². The van der Waals surface area contributed by atoms with Crippen LogP contribution in [-0.4, -0.2) is 51.1 Å². The minimum Gasteiger partial charge on any atom is -0.348 e. The SMILES string of the molecule is CCc1ccccc1NC(=O)C[NH+](C)CC(=O)NC1CC[NH+](Cc2ccccc2)CC1. The van der Waals surface area contributed by atoms with Gasteiger partial charge in [-0.1, -0.05) is 55.5 Å². The lowest BCUT2D eigenvalue weighted by Gasteiger charge is -2.30. The molecule has 0 saturated carbocycles. The van der Waals surface area contributed by atoms with E-state index in [0.29, 0.717) is 6.54 Å². The average molecular weight is 425 g/mol. The zero-order valence-corrected chi connectivity index (χ0v) is 18.7. The van der Waals surface area contributed by atoms with Crippen molar-refractivity contribution in [3.63, 3.8) is 0 Å². The zero-order valence-electron chi connectivity index (χ0n) is 18.7. The molecule has 0 aliphatic carbocycles. The second kappa shape index (κ2) is 11.6. The number of nitrogens with one attached hydrogen (secondary N) is 4. The summed E-state index contributed by atoms with van der Waals surface area (Å²) in [5.74, 6) is -0.0419. The van der Waals surface area contributed by atoms with Gasteiger partial charge < -0.3 is 20.4 Å². The summed E-state index contributed by atoms with van der Waals surface area (Å²) in [7, 11) is 1.89. The summed E-state index contributed by atoms with van der Waals surface area (Å²) in [6.45, 7) is 5.83. The van der Waals surface area contributed by atoms with E-state index in [9.17, 15) is 9.59 Å². The largest absolute Gasteiger partial charge is 0.348 e. The molecule has 2 aromatic rings. The lowest BCUT2D eigenvalue weighted by molar-refractivity contribution is -0.918. The van der Waals surface area contributed by atoms with Gasteiger partial charge in [0.15, 0.2) is 13.1 Å². The first-order chi connectivity index (χ1) is 15.0. The summed E-state index contributed by atoms with van der Waals surface area (Å²) < 4.78 is 0. The monoisotopic (exact) mass is 424 g/mol. The molecule has 1 saturated heterocycles. The van der Waals surface area contributed by atoms with E-state index in [1.54, 1.807) is 4.90 Å². The van der Waals surface area contributed by atoms with Gasteiger partial charge in [-0.25, -0.2) is 0 Å². The number of piperidine rings is 1. The first-order valence-electron chi connectivity index (χ1n) is 11.4. The van der Waals surface area contributed by atoms with E-state index in [1.165, 1.54) is 5.56 Å². The molecule has 2 aromatic carbocycles. The van der Waals surface area contributed by atoms with Gasteiger partial charge in [-0.15, -0.1) is 0 Å². The van der Waals surface area contributed by atoms with E-state index in [0.717, 1.165) is 55.0 Å². The number of anilines is 1. The number of likely N-dealkylation sites (N-methyl/N-ethyl adjacent to an activating group) is 1. The number of rotatable bonds is 9. The van der Waals surface area contributed by atoms with Crippen LogP contribution in [-0.2, 0) is 22.6 Å². The predicted molar refractivity (Wildman–Crippen MR) is 123 cm³/mol. The number of benzene rings is 2. The fourth-order valence-corrected chi connectivity index (χ4v) is 4.27. The van der Waals surface area contributed by atoms with Gasteiger partial charge in [0, 0.05) is 30.1 Å². The molecule has 1 aliphatic rings. The summed E-state index contributed by atoms with van der Waals surface area (Å²) in [5.41, 5.74) is 3.34. The number of amides is 2. The Bertz CT molecular complexity index is 848. The van der Waals surface area contributed by atoms with Crippen LogP contribution in [0.15, 0.2) is 54.6 Å². The van der Waals surface area contributed by atoms with Crippen molar-refractivity contribution in [3.8, 4) is 0 Å². The Morgan fingerprint density at radius 1 is 0.968 bits per heavy atom. The lowest BCUT2D eigenvalue weighted by atomic mass is 10.0. The maximum Gasteiger partial charge on any atom is 0.279 e. The Hall–Kier alpha value is -2.70. The molecular weight excluding hydrogens is 388 g/mol. The van der Waals surface area contributed by atoms with Crippen LogP contribution >= 0.6 is 0 Å². The Labute approximate surface area is 185 Å². The molecule has 1 heterocycles. The predicted octanol–water partition coefficient (Wildman–Crippen LogP) is 0.0659. The van der Waals surface area contributed by atoms with Gasteiger partial charge in [0.2, 0.25) is 0 Å². The Balaban J connectivity index is 1.36. The summed E-state index contributed by atoms with van der Waals surface area (Å²) in [6.07, 6.45) is 2.87. The molecule has 1 unspecified atom stereocenters. The van der Waals surface area contributed by atoms with E-state index in [-0.39, 0.29) is 24.4 Å². The van der Waals surface area contributed by atoms with Gasteiger partial charge in [-0.2, -0.15) is 0 Å². The fourth-order valence-electron chi connectivity index (χ4n) is 4.27. The highest BCUT2D eigenvalue weighted by atomic mass is 16.2. The molecule has 4 N–H and O–H groups in total. The van der Waals surface area contributed by atoms with Crippen molar-refractivity contribution < 1.29 is 19.4 Å². The van der Waals surface area contributed by atoms with Crippen LogP contribution in [0.5, 0.6) is 0 Å². The van der Waals surface area contributed by atoms with Gasteiger partial charge >= 0.3 is 0 Å². The van der Waals surface area contributed by atoms with E-state index < -0.39 is 0 Å². The van der Waals surface area contributed by atoms with Crippen molar-refractivity contribution in [3.05, 3.63) is 65.7 Å². The standard InChI is InChI=1S/C25H34N4O2/c1-3-21-11-7-8-12-23(21)27-25(31)19-28(2)18-24(30)26-22-13-15-29(16-14-22)17-20-9-5-4-6-10-20/h4-12,22H,3,13-19H2,1-2H3,(H,26,30)(H,27,31)/p+2. The highest BCUT2D eigenvalue weighted by Gasteiger charge is 2.24. The maximum absolute atomic E-state index is 12.5. The molecule has 1 aliphatic heterocycles. The number of hydrogen-bond donors (Lipinski definition) is 4. The first-order valence-corrected chi connectivity index (χ1v) is 11.4. The van der Waals surface area contributed by atoms with Crippen molar-refractivity contribution in [2.75, 3.05) is 38.5 Å². The third-order valence-electron chi connectivity index (χ3n) is 5.95. The quantitative estimate of drug-likeness (QED) is 0.460. The zero-order chi connectivity index (χ0) is 22.1. The highest BCUT2D eigenvalue weighted by molar-refractivity contribution is 5.92. The molecule has 3 rings (SSSR count). The maximum atomic E-state index is 12.5. The van der Waals surface area contributed by atoms with E-state index >= 15 is 0 Å². The molecule has 31 heavy (non-hydrogen) atoms. The molecule has 0 radical (unpaired) electrons. The summed E-state index contributed by atoms with van der Waals surface area (Å²) >= 11 is 0.